The van der Waals surface area contributed by atoms with Crippen LogP contribution in [0.1, 0.15) is 11.1 Å². The Morgan fingerprint density at radius 3 is 2.13 bits per heavy atom. The molecule has 0 aliphatic rings. The van der Waals surface area contributed by atoms with Crippen molar-refractivity contribution in [2.75, 3.05) is 26.0 Å². The third-order valence-electron chi connectivity index (χ3n) is 3.71. The minimum atomic E-state index is -3.56. The maximum Gasteiger partial charge on any atom is 0.243 e. The van der Waals surface area contributed by atoms with Crippen LogP contribution in [0.3, 0.4) is 0 Å². The largest absolute Gasteiger partial charge is 0.378 e. The maximum absolute atomic E-state index is 12.6. The Hall–Kier alpha value is -1.56. The highest BCUT2D eigenvalue weighted by atomic mass is 35.5. The zero-order valence-corrected chi connectivity index (χ0v) is 15.3. The van der Waals surface area contributed by atoms with Crippen molar-refractivity contribution in [1.29, 1.82) is 0 Å². The lowest BCUT2D eigenvalue weighted by Gasteiger charge is -2.19. The first-order valence-corrected chi connectivity index (χ1v) is 9.02. The Balaban J connectivity index is 2.21. The van der Waals surface area contributed by atoms with E-state index in [1.54, 1.807) is 19.2 Å². The fourth-order valence-electron chi connectivity index (χ4n) is 2.16. The zero-order chi connectivity index (χ0) is 17.2. The zero-order valence-electron chi connectivity index (χ0n) is 13.7. The van der Waals surface area contributed by atoms with E-state index in [0.717, 1.165) is 16.8 Å². The summed E-state index contributed by atoms with van der Waals surface area (Å²) in [5.41, 5.74) is 2.86. The van der Waals surface area contributed by atoms with Gasteiger partial charge in [-0.2, -0.15) is 4.31 Å². The molecule has 0 saturated heterocycles. The van der Waals surface area contributed by atoms with Crippen molar-refractivity contribution in [3.05, 3.63) is 58.6 Å². The van der Waals surface area contributed by atoms with Crippen molar-refractivity contribution >= 4 is 27.3 Å². The van der Waals surface area contributed by atoms with Crippen LogP contribution in [0.15, 0.2) is 47.4 Å². The fraction of sp³-hybridized carbons (Fsp3) is 0.294. The Kier molecular flexibility index (Phi) is 5.34. The van der Waals surface area contributed by atoms with Gasteiger partial charge in [-0.3, -0.25) is 0 Å². The maximum atomic E-state index is 12.6. The Bertz CT molecular complexity index is 787. The molecule has 0 fully saturated rings. The van der Waals surface area contributed by atoms with Gasteiger partial charge >= 0.3 is 0 Å². The predicted molar refractivity (Wildman–Crippen MR) is 95.6 cm³/mol. The van der Waals surface area contributed by atoms with E-state index in [4.69, 9.17) is 11.6 Å². The normalized spacial score (nSPS) is 11.7. The van der Waals surface area contributed by atoms with E-state index in [1.807, 2.05) is 50.2 Å². The average Bonchev–Trinajstić information content (AvgIpc) is 2.50. The van der Waals surface area contributed by atoms with E-state index in [9.17, 15) is 8.42 Å². The molecule has 2 rings (SSSR count). The molecular formula is C17H21ClN2O2S. The molecule has 0 spiro atoms. The SMILES string of the molecule is Cc1ccc(S(=O)(=O)N(C)Cc2ccc(N(C)C)cc2)cc1Cl. The average molecular weight is 353 g/mol. The van der Waals surface area contributed by atoms with E-state index in [1.165, 1.54) is 10.4 Å². The Labute approximate surface area is 143 Å². The predicted octanol–water partition coefficient (Wildman–Crippen LogP) is 3.54. The topological polar surface area (TPSA) is 40.6 Å². The first kappa shape index (κ1) is 17.8. The van der Waals surface area contributed by atoms with Crippen LogP contribution < -0.4 is 4.90 Å². The molecule has 0 aliphatic carbocycles. The van der Waals surface area contributed by atoms with Gasteiger partial charge in [-0.25, -0.2) is 8.42 Å². The van der Waals surface area contributed by atoms with Crippen LogP contribution in [0.5, 0.6) is 0 Å². The Morgan fingerprint density at radius 1 is 1.00 bits per heavy atom. The highest BCUT2D eigenvalue weighted by molar-refractivity contribution is 7.89. The van der Waals surface area contributed by atoms with Crippen LogP contribution in [0.25, 0.3) is 0 Å². The van der Waals surface area contributed by atoms with E-state index < -0.39 is 10.0 Å². The van der Waals surface area contributed by atoms with Crippen LogP contribution in [0.4, 0.5) is 5.69 Å². The van der Waals surface area contributed by atoms with Crippen molar-refractivity contribution in [3.63, 3.8) is 0 Å². The standard InChI is InChI=1S/C17H21ClN2O2S/c1-13-5-10-16(11-17(13)18)23(21,22)20(4)12-14-6-8-15(9-7-14)19(2)3/h5-11H,12H2,1-4H3. The van der Waals surface area contributed by atoms with Crippen LogP contribution in [0, 0.1) is 6.92 Å². The van der Waals surface area contributed by atoms with Gasteiger partial charge in [-0.1, -0.05) is 29.8 Å². The van der Waals surface area contributed by atoms with Crippen LogP contribution >= 0.6 is 11.6 Å². The third-order valence-corrected chi connectivity index (χ3v) is 5.92. The molecule has 124 valence electrons. The van der Waals surface area contributed by atoms with Gasteiger partial charge in [0.1, 0.15) is 0 Å². The summed E-state index contributed by atoms with van der Waals surface area (Å²) in [6.45, 7) is 2.15. The molecule has 0 amide bonds. The molecule has 0 saturated carbocycles. The van der Waals surface area contributed by atoms with Gasteiger partial charge in [-0.05, 0) is 42.3 Å². The number of aryl methyl sites for hydroxylation is 1. The van der Waals surface area contributed by atoms with Gasteiger partial charge < -0.3 is 4.90 Å². The molecule has 0 radical (unpaired) electrons. The molecule has 0 aliphatic heterocycles. The van der Waals surface area contributed by atoms with Gasteiger partial charge in [0.05, 0.1) is 4.90 Å². The number of benzene rings is 2. The van der Waals surface area contributed by atoms with Gasteiger partial charge in [0.25, 0.3) is 0 Å². The van der Waals surface area contributed by atoms with Crippen molar-refractivity contribution in [1.82, 2.24) is 4.31 Å². The fourth-order valence-corrected chi connectivity index (χ4v) is 3.59. The van der Waals surface area contributed by atoms with E-state index in [-0.39, 0.29) is 4.90 Å². The van der Waals surface area contributed by atoms with Crippen molar-refractivity contribution < 1.29 is 8.42 Å². The lowest BCUT2D eigenvalue weighted by atomic mass is 10.2. The smallest absolute Gasteiger partial charge is 0.243 e. The summed E-state index contributed by atoms with van der Waals surface area (Å²) in [5, 5.41) is 0.454. The van der Waals surface area contributed by atoms with Crippen LogP contribution in [-0.2, 0) is 16.6 Å². The molecule has 0 bridgehead atoms. The summed E-state index contributed by atoms with van der Waals surface area (Å²) in [6.07, 6.45) is 0. The molecule has 0 unspecified atom stereocenters. The first-order valence-electron chi connectivity index (χ1n) is 7.20. The van der Waals surface area contributed by atoms with Crippen molar-refractivity contribution in [2.24, 2.45) is 0 Å². The molecule has 0 aromatic heterocycles. The summed E-state index contributed by atoms with van der Waals surface area (Å²) in [7, 11) is 1.94. The molecule has 0 heterocycles. The second-order valence-electron chi connectivity index (χ2n) is 5.73. The van der Waals surface area contributed by atoms with Crippen LogP contribution in [0.2, 0.25) is 5.02 Å². The van der Waals surface area contributed by atoms with E-state index in [0.29, 0.717) is 11.6 Å². The van der Waals surface area contributed by atoms with Gasteiger partial charge in [0.15, 0.2) is 0 Å². The highest BCUT2D eigenvalue weighted by Gasteiger charge is 2.21. The summed E-state index contributed by atoms with van der Waals surface area (Å²) >= 11 is 6.04. The molecule has 23 heavy (non-hydrogen) atoms. The van der Waals surface area contributed by atoms with Gasteiger partial charge in [0, 0.05) is 38.4 Å². The molecular weight excluding hydrogens is 332 g/mol. The number of sulfonamides is 1. The lowest BCUT2D eigenvalue weighted by molar-refractivity contribution is 0.467. The molecule has 4 nitrogen and oxygen atoms in total. The molecule has 0 atom stereocenters. The molecule has 2 aromatic carbocycles. The second kappa shape index (κ2) is 6.91. The summed E-state index contributed by atoms with van der Waals surface area (Å²) in [5.74, 6) is 0. The monoisotopic (exact) mass is 352 g/mol. The Morgan fingerprint density at radius 2 is 1.61 bits per heavy atom. The summed E-state index contributed by atoms with van der Waals surface area (Å²) in [4.78, 5) is 2.21. The number of nitrogens with zero attached hydrogens (tertiary/aromatic N) is 2. The van der Waals surface area contributed by atoms with Crippen molar-refractivity contribution in [3.8, 4) is 0 Å². The van der Waals surface area contributed by atoms with Gasteiger partial charge in [-0.15, -0.1) is 0 Å². The summed E-state index contributed by atoms with van der Waals surface area (Å²) < 4.78 is 26.6. The van der Waals surface area contributed by atoms with Crippen molar-refractivity contribution in [2.45, 2.75) is 18.4 Å². The first-order chi connectivity index (χ1) is 10.7. The molecule has 0 N–H and O–H groups in total. The number of halogens is 1. The number of rotatable bonds is 5. The van der Waals surface area contributed by atoms with E-state index in [2.05, 4.69) is 0 Å². The quantitative estimate of drug-likeness (QED) is 0.826. The number of hydrogen-bond donors (Lipinski definition) is 0. The molecule has 6 heteroatoms. The number of anilines is 1. The van der Waals surface area contributed by atoms with E-state index >= 15 is 0 Å². The van der Waals surface area contributed by atoms with Gasteiger partial charge in [0.2, 0.25) is 10.0 Å². The molecule has 2 aromatic rings. The van der Waals surface area contributed by atoms with Crippen LogP contribution in [-0.4, -0.2) is 33.9 Å². The highest BCUT2D eigenvalue weighted by Crippen LogP contribution is 2.23. The lowest BCUT2D eigenvalue weighted by Crippen LogP contribution is -2.26. The minimum absolute atomic E-state index is 0.209. The summed E-state index contributed by atoms with van der Waals surface area (Å²) in [6, 6.07) is 12.6. The second-order valence-corrected chi connectivity index (χ2v) is 8.19. The third kappa shape index (κ3) is 4.05. The minimum Gasteiger partial charge on any atom is -0.378 e. The number of hydrogen-bond acceptors (Lipinski definition) is 3.